The summed E-state index contributed by atoms with van der Waals surface area (Å²) in [5, 5.41) is 23.5. The van der Waals surface area contributed by atoms with Crippen molar-refractivity contribution in [1.29, 1.82) is 0 Å². The van der Waals surface area contributed by atoms with Crippen LogP contribution in [0.2, 0.25) is 5.02 Å². The molecule has 0 spiro atoms. The molecule has 0 aliphatic heterocycles. The summed E-state index contributed by atoms with van der Waals surface area (Å²) in [4.78, 5) is 14.0. The lowest BCUT2D eigenvalue weighted by atomic mass is 9.64. The number of nitrogens with zero attached hydrogens (tertiary/aromatic N) is 1. The van der Waals surface area contributed by atoms with E-state index in [1.165, 1.54) is 16.4 Å². The van der Waals surface area contributed by atoms with Crippen LogP contribution in [0.5, 0.6) is 0 Å². The third kappa shape index (κ3) is 8.24. The minimum absolute atomic E-state index is 0.0658. The first kappa shape index (κ1) is 35.7. The van der Waals surface area contributed by atoms with E-state index in [-0.39, 0.29) is 41.8 Å². The number of hydrogen-bond donors (Lipinski definition) is 2. The van der Waals surface area contributed by atoms with Gasteiger partial charge >= 0.3 is 0 Å². The van der Waals surface area contributed by atoms with Crippen molar-refractivity contribution < 1.29 is 32.6 Å². The summed E-state index contributed by atoms with van der Waals surface area (Å²) >= 11 is 6.31. The number of Topliss-reactive ketones (excluding diaryl/α,β-unsaturated/α-hetero) is 1. The number of carbonyl (C=O) groups is 1. The molecule has 0 amide bonds. The normalized spacial score (nSPS) is 26.0. The van der Waals surface area contributed by atoms with Crippen molar-refractivity contribution in [2.75, 3.05) is 33.1 Å². The van der Waals surface area contributed by atoms with Gasteiger partial charge in [0.15, 0.2) is 5.78 Å². The molecular weight excluding hydrogens is 617 g/mol. The summed E-state index contributed by atoms with van der Waals surface area (Å²) in [6, 6.07) is 9.97. The molecule has 1 saturated carbocycles. The van der Waals surface area contributed by atoms with Crippen LogP contribution in [-0.2, 0) is 27.6 Å². The number of methoxy groups -OCH3 is 1. The molecule has 0 radical (unpaired) electrons. The van der Waals surface area contributed by atoms with Crippen LogP contribution in [0.1, 0.15) is 91.8 Å². The Labute approximate surface area is 272 Å². The van der Waals surface area contributed by atoms with Gasteiger partial charge in [-0.3, -0.25) is 4.79 Å². The Bertz CT molecular complexity index is 1490. The summed E-state index contributed by atoms with van der Waals surface area (Å²) in [6.07, 6.45) is 6.69. The first-order valence-electron chi connectivity index (χ1n) is 15.8. The fraction of sp³-hybridized carbons (Fsp3) is 0.571. The molecule has 0 unspecified atom stereocenters. The smallest absolute Gasteiger partial charge is 0.211 e. The van der Waals surface area contributed by atoms with Crippen molar-refractivity contribution in [1.82, 2.24) is 4.31 Å². The zero-order valence-corrected chi connectivity index (χ0v) is 28.4. The summed E-state index contributed by atoms with van der Waals surface area (Å²) in [5.41, 5.74) is 1.05. The maximum Gasteiger partial charge on any atom is 0.211 e. The molecule has 248 valence electrons. The Balaban J connectivity index is 1.82. The van der Waals surface area contributed by atoms with Gasteiger partial charge in [0.2, 0.25) is 10.0 Å². The number of ether oxygens (including phenoxy) is 1. The third-order valence-corrected chi connectivity index (χ3v) is 11.6. The first-order chi connectivity index (χ1) is 21.2. The van der Waals surface area contributed by atoms with Crippen LogP contribution in [0.3, 0.4) is 0 Å². The fourth-order valence-electron chi connectivity index (χ4n) is 7.24. The predicted molar refractivity (Wildman–Crippen MR) is 176 cm³/mol. The first-order valence-corrected chi connectivity index (χ1v) is 18.0. The van der Waals surface area contributed by atoms with Gasteiger partial charge in [-0.2, -0.15) is 4.31 Å². The van der Waals surface area contributed by atoms with E-state index in [0.717, 1.165) is 23.0 Å². The number of fused-ring (bicyclic) bond motifs is 8. The standard InChI is InChI=1S/C35H47ClFNO6S/c1-24-8-6-16-34(2)30(15-17-35(34,41)23-38(45(4,42)43)18-7-19-44-3)27-14-12-25(20-26(39)13-11-24)21-28(27)33(40)22-29-31(36)9-5-10-32(29)37/h5,8-10,12,14,21,26,30,39,41H,6-7,11,13,15-20,22-23H2,1-4H3/t26-,30-,34-,35+/m0/s1. The van der Waals surface area contributed by atoms with Crippen LogP contribution in [0, 0.1) is 11.2 Å². The summed E-state index contributed by atoms with van der Waals surface area (Å²) < 4.78 is 47.1. The van der Waals surface area contributed by atoms with Crippen molar-refractivity contribution >= 4 is 27.4 Å². The van der Waals surface area contributed by atoms with E-state index < -0.39 is 33.0 Å². The number of halogens is 2. The Morgan fingerprint density at radius 2 is 1.96 bits per heavy atom. The van der Waals surface area contributed by atoms with Gasteiger partial charge in [0.05, 0.1) is 18.0 Å². The van der Waals surface area contributed by atoms with Crippen molar-refractivity contribution in [2.24, 2.45) is 5.41 Å². The number of rotatable bonds is 10. The van der Waals surface area contributed by atoms with Gasteiger partial charge in [-0.25, -0.2) is 12.8 Å². The molecule has 2 aromatic rings. The van der Waals surface area contributed by atoms with Crippen molar-refractivity contribution in [3.8, 4) is 0 Å². The molecule has 0 heterocycles. The third-order valence-electron chi connectivity index (χ3n) is 10.0. The van der Waals surface area contributed by atoms with E-state index in [1.54, 1.807) is 19.2 Å². The van der Waals surface area contributed by atoms with Crippen LogP contribution in [0.25, 0.3) is 0 Å². The molecule has 2 N–H and O–H groups in total. The van der Waals surface area contributed by atoms with E-state index in [4.69, 9.17) is 16.3 Å². The average molecular weight is 664 g/mol. The maximum atomic E-state index is 14.8. The molecule has 2 aromatic carbocycles. The molecule has 0 saturated heterocycles. The molecule has 2 bridgehead atoms. The topological polar surface area (TPSA) is 104 Å². The fourth-order valence-corrected chi connectivity index (χ4v) is 8.38. The van der Waals surface area contributed by atoms with Crippen LogP contribution < -0.4 is 0 Å². The highest BCUT2D eigenvalue weighted by Gasteiger charge is 2.57. The average Bonchev–Trinajstić information content (AvgIpc) is 3.22. The minimum atomic E-state index is -3.63. The molecule has 0 aromatic heterocycles. The molecule has 4 atom stereocenters. The van der Waals surface area contributed by atoms with E-state index >= 15 is 0 Å². The second kappa shape index (κ2) is 14.7. The van der Waals surface area contributed by atoms with Gasteiger partial charge in [-0.1, -0.05) is 48.4 Å². The van der Waals surface area contributed by atoms with E-state index in [2.05, 4.69) is 6.08 Å². The predicted octanol–water partition coefficient (Wildman–Crippen LogP) is 6.24. The Morgan fingerprint density at radius 1 is 1.20 bits per heavy atom. The summed E-state index contributed by atoms with van der Waals surface area (Å²) in [6.45, 7) is 4.60. The van der Waals surface area contributed by atoms with E-state index in [0.29, 0.717) is 63.5 Å². The molecule has 3 aliphatic carbocycles. The number of aliphatic hydroxyl groups is 2. The lowest BCUT2D eigenvalue weighted by Gasteiger charge is -2.45. The number of benzene rings is 2. The Hall–Kier alpha value is -2.14. The molecule has 10 heteroatoms. The lowest BCUT2D eigenvalue weighted by Crippen LogP contribution is -2.53. The van der Waals surface area contributed by atoms with Crippen LogP contribution in [-0.4, -0.2) is 73.5 Å². The highest BCUT2D eigenvalue weighted by molar-refractivity contribution is 7.88. The number of ketones is 1. The van der Waals surface area contributed by atoms with Crippen LogP contribution >= 0.6 is 11.6 Å². The van der Waals surface area contributed by atoms with Gasteiger partial charge in [-0.15, -0.1) is 0 Å². The van der Waals surface area contributed by atoms with Gasteiger partial charge in [-0.05, 0) is 93.5 Å². The van der Waals surface area contributed by atoms with Crippen LogP contribution in [0.4, 0.5) is 4.39 Å². The summed E-state index contributed by atoms with van der Waals surface area (Å²) in [5.74, 6) is -1.14. The van der Waals surface area contributed by atoms with E-state index in [1.807, 2.05) is 26.0 Å². The second-order valence-corrected chi connectivity index (χ2v) is 15.6. The molecule has 5 rings (SSSR count). The van der Waals surface area contributed by atoms with Gasteiger partial charge in [0.25, 0.3) is 0 Å². The molecule has 7 nitrogen and oxygen atoms in total. The quantitative estimate of drug-likeness (QED) is 0.177. The molecular formula is C35H47ClFNO6S. The molecule has 45 heavy (non-hydrogen) atoms. The van der Waals surface area contributed by atoms with Crippen molar-refractivity contribution in [2.45, 2.75) is 89.3 Å². The van der Waals surface area contributed by atoms with Gasteiger partial charge in [0, 0.05) is 54.8 Å². The number of carbonyl (C=O) groups excluding carboxylic acids is 1. The SMILES string of the molecule is COCCCN(C[C@]1(O)CC[C@H]2c3ccc(cc3C(=O)Cc3c(F)cccc3Cl)C[C@@H](O)CCC(C)=CCC[C@@]21C)S(C)(=O)=O. The zero-order valence-electron chi connectivity index (χ0n) is 26.8. The largest absolute Gasteiger partial charge is 0.393 e. The van der Waals surface area contributed by atoms with Gasteiger partial charge < -0.3 is 14.9 Å². The lowest BCUT2D eigenvalue weighted by molar-refractivity contribution is -0.0726. The van der Waals surface area contributed by atoms with Crippen LogP contribution in [0.15, 0.2) is 48.0 Å². The number of sulfonamides is 1. The number of hydrogen-bond acceptors (Lipinski definition) is 6. The van der Waals surface area contributed by atoms with Gasteiger partial charge in [0.1, 0.15) is 5.82 Å². The molecule has 3 aliphatic rings. The summed E-state index contributed by atoms with van der Waals surface area (Å²) in [7, 11) is -2.07. The van der Waals surface area contributed by atoms with Crippen molar-refractivity contribution in [3.63, 3.8) is 0 Å². The Morgan fingerprint density at radius 3 is 2.64 bits per heavy atom. The molecule has 1 fully saturated rings. The van der Waals surface area contributed by atoms with Crippen molar-refractivity contribution in [3.05, 3.63) is 81.1 Å². The number of allylic oxidation sites excluding steroid dienone is 2. The number of aliphatic hydroxyl groups excluding tert-OH is 1. The zero-order chi connectivity index (χ0) is 33.0. The monoisotopic (exact) mass is 663 g/mol. The Kier molecular flexibility index (Phi) is 11.7. The van der Waals surface area contributed by atoms with E-state index in [9.17, 15) is 27.8 Å². The minimum Gasteiger partial charge on any atom is -0.393 e. The highest BCUT2D eigenvalue weighted by atomic mass is 35.5. The maximum absolute atomic E-state index is 14.8. The second-order valence-electron chi connectivity index (χ2n) is 13.2. The highest BCUT2D eigenvalue weighted by Crippen LogP contribution is 2.59.